The van der Waals surface area contributed by atoms with Crippen molar-refractivity contribution in [2.24, 2.45) is 0 Å². The Hall–Kier alpha value is -2.80. The highest BCUT2D eigenvalue weighted by atomic mass is 19.1. The van der Waals surface area contributed by atoms with E-state index in [1.807, 2.05) is 6.07 Å². The second-order valence-corrected chi connectivity index (χ2v) is 4.26. The lowest BCUT2D eigenvalue weighted by Gasteiger charge is -2.08. The predicted molar refractivity (Wildman–Crippen MR) is 79.4 cm³/mol. The van der Waals surface area contributed by atoms with Gasteiger partial charge in [-0.2, -0.15) is 5.26 Å². The molecule has 0 N–H and O–H groups in total. The van der Waals surface area contributed by atoms with Crippen LogP contribution in [-0.4, -0.2) is 14.2 Å². The molecule has 0 atom stereocenters. The van der Waals surface area contributed by atoms with Gasteiger partial charge in [-0.05, 0) is 30.3 Å². The number of hydrogen-bond donors (Lipinski definition) is 0. The summed E-state index contributed by atoms with van der Waals surface area (Å²) in [7, 11) is 3.09. The Balaban J connectivity index is 2.55. The van der Waals surface area contributed by atoms with Crippen LogP contribution < -0.4 is 9.47 Å². The summed E-state index contributed by atoms with van der Waals surface area (Å²) in [6.07, 6.45) is 1.58. The fraction of sp³-hybridized carbons (Fsp3) is 0.118. The molecule has 2 rings (SSSR count). The van der Waals surface area contributed by atoms with Crippen molar-refractivity contribution >= 4 is 11.6 Å². The van der Waals surface area contributed by atoms with E-state index in [-0.39, 0.29) is 11.1 Å². The van der Waals surface area contributed by atoms with Crippen LogP contribution in [0.15, 0.2) is 42.5 Å². The Morgan fingerprint density at radius 3 is 2.52 bits per heavy atom. The highest BCUT2D eigenvalue weighted by molar-refractivity contribution is 5.91. The van der Waals surface area contributed by atoms with Crippen molar-refractivity contribution in [2.45, 2.75) is 0 Å². The van der Waals surface area contributed by atoms with Crippen molar-refractivity contribution < 1.29 is 13.9 Å². The molecule has 2 aromatic rings. The first kappa shape index (κ1) is 14.6. The molecule has 0 spiro atoms. The van der Waals surface area contributed by atoms with Gasteiger partial charge in [-0.15, -0.1) is 0 Å². The summed E-state index contributed by atoms with van der Waals surface area (Å²) < 4.78 is 24.2. The van der Waals surface area contributed by atoms with Gasteiger partial charge < -0.3 is 9.47 Å². The van der Waals surface area contributed by atoms with E-state index in [1.165, 1.54) is 13.2 Å². The second-order valence-electron chi connectivity index (χ2n) is 4.26. The first-order valence-electron chi connectivity index (χ1n) is 6.28. The maximum atomic E-state index is 13.8. The molecule has 0 aromatic heterocycles. The maximum Gasteiger partial charge on any atom is 0.131 e. The summed E-state index contributed by atoms with van der Waals surface area (Å²) in [6, 6.07) is 13.4. The molecule has 0 heterocycles. The lowest BCUT2D eigenvalue weighted by molar-refractivity contribution is 0.402. The van der Waals surface area contributed by atoms with Crippen molar-refractivity contribution in [3.05, 3.63) is 59.4 Å². The van der Waals surface area contributed by atoms with E-state index < -0.39 is 5.82 Å². The summed E-state index contributed by atoms with van der Waals surface area (Å²) >= 11 is 0. The maximum absolute atomic E-state index is 13.8. The molecule has 0 unspecified atom stereocenters. The topological polar surface area (TPSA) is 42.2 Å². The van der Waals surface area contributed by atoms with Gasteiger partial charge in [0.15, 0.2) is 0 Å². The van der Waals surface area contributed by atoms with Crippen LogP contribution in [0.5, 0.6) is 11.5 Å². The third-order valence-corrected chi connectivity index (χ3v) is 3.02. The number of benzene rings is 2. The molecule has 0 amide bonds. The van der Waals surface area contributed by atoms with Gasteiger partial charge in [0, 0.05) is 11.1 Å². The Bertz CT molecular complexity index is 717. The summed E-state index contributed by atoms with van der Waals surface area (Å²) in [6.45, 7) is 0. The van der Waals surface area contributed by atoms with Crippen LogP contribution in [-0.2, 0) is 0 Å². The molecule has 0 fully saturated rings. The first-order chi connectivity index (χ1) is 10.2. The molecular weight excluding hydrogens is 269 g/mol. The van der Waals surface area contributed by atoms with E-state index in [1.54, 1.807) is 49.6 Å². The van der Waals surface area contributed by atoms with Crippen LogP contribution in [0.4, 0.5) is 4.39 Å². The molecule has 0 aliphatic carbocycles. The van der Waals surface area contributed by atoms with Crippen LogP contribution in [0, 0.1) is 17.1 Å². The Morgan fingerprint density at radius 2 is 1.90 bits per heavy atom. The number of ether oxygens (including phenoxy) is 2. The third kappa shape index (κ3) is 3.21. The molecule has 0 bridgehead atoms. The number of methoxy groups -OCH3 is 2. The van der Waals surface area contributed by atoms with Crippen LogP contribution in [0.1, 0.15) is 11.1 Å². The third-order valence-electron chi connectivity index (χ3n) is 3.02. The zero-order valence-electron chi connectivity index (χ0n) is 11.8. The van der Waals surface area contributed by atoms with Crippen molar-refractivity contribution in [3.8, 4) is 17.6 Å². The Morgan fingerprint density at radius 1 is 1.14 bits per heavy atom. The Kier molecular flexibility index (Phi) is 4.57. The van der Waals surface area contributed by atoms with Gasteiger partial charge >= 0.3 is 0 Å². The zero-order chi connectivity index (χ0) is 15.2. The van der Waals surface area contributed by atoms with Gasteiger partial charge in [-0.3, -0.25) is 0 Å². The highest BCUT2D eigenvalue weighted by Gasteiger charge is 2.09. The number of nitriles is 1. The van der Waals surface area contributed by atoms with E-state index in [4.69, 9.17) is 9.47 Å². The van der Waals surface area contributed by atoms with E-state index in [2.05, 4.69) is 0 Å². The van der Waals surface area contributed by atoms with Crippen LogP contribution in [0.25, 0.3) is 11.6 Å². The molecule has 21 heavy (non-hydrogen) atoms. The number of halogens is 1. The second kappa shape index (κ2) is 6.58. The SMILES string of the molecule is COc1ccc(OC)c(C=C(C#N)c2ccccc2F)c1. The van der Waals surface area contributed by atoms with E-state index in [0.29, 0.717) is 17.1 Å². The monoisotopic (exact) mass is 283 g/mol. The summed E-state index contributed by atoms with van der Waals surface area (Å²) in [5.74, 6) is 0.778. The molecular formula is C17H14FNO2. The molecule has 3 nitrogen and oxygen atoms in total. The van der Waals surface area contributed by atoms with E-state index in [0.717, 1.165) is 0 Å². The molecule has 0 aliphatic heterocycles. The fourth-order valence-electron chi connectivity index (χ4n) is 1.96. The molecule has 0 radical (unpaired) electrons. The van der Waals surface area contributed by atoms with E-state index in [9.17, 15) is 9.65 Å². The van der Waals surface area contributed by atoms with Gasteiger partial charge in [0.25, 0.3) is 0 Å². The first-order valence-corrected chi connectivity index (χ1v) is 6.28. The van der Waals surface area contributed by atoms with Gasteiger partial charge in [-0.1, -0.05) is 18.2 Å². The standard InChI is InChI=1S/C17H14FNO2/c1-20-14-7-8-17(21-2)12(10-14)9-13(11-19)15-5-3-4-6-16(15)18/h3-10H,1-2H3. The minimum absolute atomic E-state index is 0.222. The Labute approximate surface area is 122 Å². The smallest absolute Gasteiger partial charge is 0.131 e. The summed E-state index contributed by atoms with van der Waals surface area (Å²) in [5, 5.41) is 9.30. The molecule has 0 saturated heterocycles. The summed E-state index contributed by atoms with van der Waals surface area (Å²) in [4.78, 5) is 0. The normalized spacial score (nSPS) is 10.9. The molecule has 0 aliphatic rings. The molecule has 2 aromatic carbocycles. The van der Waals surface area contributed by atoms with Gasteiger partial charge in [0.2, 0.25) is 0 Å². The molecule has 0 saturated carbocycles. The quantitative estimate of drug-likeness (QED) is 0.631. The minimum atomic E-state index is -0.438. The fourth-order valence-corrected chi connectivity index (χ4v) is 1.96. The largest absolute Gasteiger partial charge is 0.497 e. The number of rotatable bonds is 4. The predicted octanol–water partition coefficient (Wildman–Crippen LogP) is 3.91. The highest BCUT2D eigenvalue weighted by Crippen LogP contribution is 2.28. The van der Waals surface area contributed by atoms with Crippen LogP contribution in [0.3, 0.4) is 0 Å². The minimum Gasteiger partial charge on any atom is -0.497 e. The van der Waals surface area contributed by atoms with E-state index >= 15 is 0 Å². The van der Waals surface area contributed by atoms with Crippen LogP contribution >= 0.6 is 0 Å². The zero-order valence-corrected chi connectivity index (χ0v) is 11.8. The van der Waals surface area contributed by atoms with Crippen molar-refractivity contribution in [1.29, 1.82) is 5.26 Å². The average Bonchev–Trinajstić information content (AvgIpc) is 2.53. The van der Waals surface area contributed by atoms with Gasteiger partial charge in [0.1, 0.15) is 17.3 Å². The number of hydrogen-bond acceptors (Lipinski definition) is 3. The molecule has 106 valence electrons. The van der Waals surface area contributed by atoms with Crippen molar-refractivity contribution in [1.82, 2.24) is 0 Å². The summed E-state index contributed by atoms with van der Waals surface area (Å²) in [5.41, 5.74) is 1.13. The molecule has 4 heteroatoms. The number of nitrogens with zero attached hydrogens (tertiary/aromatic N) is 1. The lowest BCUT2D eigenvalue weighted by atomic mass is 10.0. The van der Waals surface area contributed by atoms with Gasteiger partial charge in [0.05, 0.1) is 25.9 Å². The number of allylic oxidation sites excluding steroid dienone is 1. The van der Waals surface area contributed by atoms with Crippen LogP contribution in [0.2, 0.25) is 0 Å². The lowest BCUT2D eigenvalue weighted by Crippen LogP contribution is -1.92. The average molecular weight is 283 g/mol. The van der Waals surface area contributed by atoms with Crippen molar-refractivity contribution in [2.75, 3.05) is 14.2 Å². The van der Waals surface area contributed by atoms with Gasteiger partial charge in [-0.25, -0.2) is 4.39 Å². The van der Waals surface area contributed by atoms with Crippen molar-refractivity contribution in [3.63, 3.8) is 0 Å².